The van der Waals surface area contributed by atoms with E-state index in [1.807, 2.05) is 0 Å². The lowest BCUT2D eigenvalue weighted by Gasteiger charge is -2.31. The maximum absolute atomic E-state index is 13.3. The normalized spacial score (nSPS) is 21.8. The Hall–Kier alpha value is -3.00. The zero-order valence-corrected chi connectivity index (χ0v) is 17.3. The summed E-state index contributed by atoms with van der Waals surface area (Å²) in [5.41, 5.74) is 3.52. The van der Waals surface area contributed by atoms with Crippen LogP contribution >= 0.6 is 0 Å². The smallest absolute Gasteiger partial charge is 0.214 e. The summed E-state index contributed by atoms with van der Waals surface area (Å²) in [5, 5.41) is 3.41. The third kappa shape index (κ3) is 4.69. The molecule has 7 nitrogen and oxygen atoms in total. The maximum atomic E-state index is 13.3. The van der Waals surface area contributed by atoms with Gasteiger partial charge in [0.15, 0.2) is 0 Å². The Labute approximate surface area is 180 Å². The standard InChI is InChI=1S/C23H26FN5O2/c24-22-13-17(5-6-26-22)28-16-1-3-19(4-2-16)31-21-15-18(29-9-11-30-12-10-29)14-20-23(21)27-8-7-25-20/h5-8,13-16,19H,1-4,9-12H2,(H,26,28). The largest absolute Gasteiger partial charge is 0.488 e. The van der Waals surface area contributed by atoms with Crippen LogP contribution in [0.5, 0.6) is 5.75 Å². The van der Waals surface area contributed by atoms with Gasteiger partial charge < -0.3 is 19.7 Å². The minimum absolute atomic E-state index is 0.123. The van der Waals surface area contributed by atoms with Crippen LogP contribution in [0.1, 0.15) is 25.7 Å². The van der Waals surface area contributed by atoms with Gasteiger partial charge >= 0.3 is 0 Å². The molecule has 2 aliphatic rings. The molecule has 31 heavy (non-hydrogen) atoms. The summed E-state index contributed by atoms with van der Waals surface area (Å²) < 4.78 is 25.3. The molecule has 5 rings (SSSR count). The van der Waals surface area contributed by atoms with E-state index in [-0.39, 0.29) is 6.10 Å². The highest BCUT2D eigenvalue weighted by atomic mass is 19.1. The number of hydrogen-bond acceptors (Lipinski definition) is 7. The van der Waals surface area contributed by atoms with Gasteiger partial charge in [-0.15, -0.1) is 0 Å². The van der Waals surface area contributed by atoms with Crippen LogP contribution in [0.2, 0.25) is 0 Å². The molecule has 0 unspecified atom stereocenters. The fraction of sp³-hybridized carbons (Fsp3) is 0.435. The lowest BCUT2D eigenvalue weighted by Crippen LogP contribution is -2.36. The number of morpholine rings is 1. The van der Waals surface area contributed by atoms with E-state index in [1.165, 1.54) is 12.3 Å². The number of ether oxygens (including phenoxy) is 2. The third-order valence-electron chi connectivity index (χ3n) is 5.96. The van der Waals surface area contributed by atoms with Crippen LogP contribution in [0.25, 0.3) is 11.0 Å². The highest BCUT2D eigenvalue weighted by Crippen LogP contribution is 2.33. The summed E-state index contributed by atoms with van der Waals surface area (Å²) >= 11 is 0. The van der Waals surface area contributed by atoms with Crippen LogP contribution < -0.4 is 15.0 Å². The third-order valence-corrected chi connectivity index (χ3v) is 5.96. The molecule has 2 aromatic heterocycles. The zero-order valence-electron chi connectivity index (χ0n) is 17.3. The first kappa shape index (κ1) is 19.9. The van der Waals surface area contributed by atoms with E-state index in [9.17, 15) is 4.39 Å². The molecule has 1 aliphatic heterocycles. The van der Waals surface area contributed by atoms with E-state index in [2.05, 4.69) is 37.3 Å². The molecule has 0 radical (unpaired) electrons. The number of fused-ring (bicyclic) bond motifs is 1. The predicted molar refractivity (Wildman–Crippen MR) is 117 cm³/mol. The number of hydrogen-bond donors (Lipinski definition) is 1. The molecule has 3 heterocycles. The highest BCUT2D eigenvalue weighted by Gasteiger charge is 2.24. The van der Waals surface area contributed by atoms with Gasteiger partial charge in [-0.1, -0.05) is 0 Å². The average molecular weight is 423 g/mol. The number of halogens is 1. The van der Waals surface area contributed by atoms with Crippen LogP contribution in [-0.2, 0) is 4.74 Å². The summed E-state index contributed by atoms with van der Waals surface area (Å²) in [6.45, 7) is 3.18. The van der Waals surface area contributed by atoms with Crippen molar-refractivity contribution in [2.75, 3.05) is 36.5 Å². The summed E-state index contributed by atoms with van der Waals surface area (Å²) in [4.78, 5) is 15.0. The van der Waals surface area contributed by atoms with E-state index in [0.29, 0.717) is 6.04 Å². The van der Waals surface area contributed by atoms with Crippen molar-refractivity contribution in [2.24, 2.45) is 0 Å². The fourth-order valence-corrected chi connectivity index (χ4v) is 4.36. The molecule has 2 fully saturated rings. The number of nitrogens with one attached hydrogen (secondary N) is 1. The topological polar surface area (TPSA) is 72.4 Å². The molecule has 3 aromatic rings. The lowest BCUT2D eigenvalue weighted by molar-refractivity contribution is 0.122. The molecule has 1 aromatic carbocycles. The number of rotatable bonds is 5. The molecule has 1 aliphatic carbocycles. The van der Waals surface area contributed by atoms with Crippen LogP contribution in [0.15, 0.2) is 42.9 Å². The SMILES string of the molecule is Fc1cc(NC2CCC(Oc3cc(N4CCOCC4)cc4nccnc34)CC2)ccn1. The van der Waals surface area contributed by atoms with Crippen LogP contribution in [-0.4, -0.2) is 53.4 Å². The van der Waals surface area contributed by atoms with Crippen molar-refractivity contribution in [3.63, 3.8) is 0 Å². The van der Waals surface area contributed by atoms with E-state index < -0.39 is 5.95 Å². The van der Waals surface area contributed by atoms with Gasteiger partial charge in [0.1, 0.15) is 11.3 Å². The molecule has 0 amide bonds. The predicted octanol–water partition coefficient (Wildman–Crippen LogP) is 3.80. The van der Waals surface area contributed by atoms with E-state index in [4.69, 9.17) is 9.47 Å². The van der Waals surface area contributed by atoms with Gasteiger partial charge in [-0.3, -0.25) is 4.98 Å². The fourth-order valence-electron chi connectivity index (χ4n) is 4.36. The second kappa shape index (κ2) is 9.01. The van der Waals surface area contributed by atoms with Gasteiger partial charge in [0.05, 0.1) is 24.8 Å². The van der Waals surface area contributed by atoms with Gasteiger partial charge in [-0.25, -0.2) is 9.97 Å². The van der Waals surface area contributed by atoms with Crippen LogP contribution in [0, 0.1) is 5.95 Å². The average Bonchev–Trinajstić information content (AvgIpc) is 2.81. The Morgan fingerprint density at radius 3 is 2.58 bits per heavy atom. The van der Waals surface area contributed by atoms with Crippen molar-refractivity contribution in [2.45, 2.75) is 37.8 Å². The molecular weight excluding hydrogens is 397 g/mol. The van der Waals surface area contributed by atoms with Crippen molar-refractivity contribution in [1.82, 2.24) is 15.0 Å². The van der Waals surface area contributed by atoms with Crippen molar-refractivity contribution >= 4 is 22.4 Å². The Kier molecular flexibility index (Phi) is 5.80. The Bertz CT molecular complexity index is 1040. The summed E-state index contributed by atoms with van der Waals surface area (Å²) in [6, 6.07) is 7.71. The molecule has 162 valence electrons. The minimum Gasteiger partial charge on any atom is -0.488 e. The van der Waals surface area contributed by atoms with Crippen molar-refractivity contribution in [3.8, 4) is 5.75 Å². The molecule has 0 spiro atoms. The number of pyridine rings is 1. The summed E-state index contributed by atoms with van der Waals surface area (Å²) in [6.07, 6.45) is 8.80. The van der Waals surface area contributed by atoms with Gasteiger partial charge in [0.2, 0.25) is 5.95 Å². The second-order valence-corrected chi connectivity index (χ2v) is 8.07. The number of nitrogens with zero attached hydrogens (tertiary/aromatic N) is 4. The van der Waals surface area contributed by atoms with E-state index >= 15 is 0 Å². The first-order valence-electron chi connectivity index (χ1n) is 10.9. The Morgan fingerprint density at radius 2 is 1.77 bits per heavy atom. The van der Waals surface area contributed by atoms with Crippen molar-refractivity contribution in [3.05, 3.63) is 48.8 Å². The van der Waals surface area contributed by atoms with Gasteiger partial charge in [-0.2, -0.15) is 4.39 Å². The summed E-state index contributed by atoms with van der Waals surface area (Å²) in [7, 11) is 0. The zero-order chi connectivity index (χ0) is 21.0. The molecule has 1 N–H and O–H groups in total. The first-order valence-corrected chi connectivity index (χ1v) is 10.9. The van der Waals surface area contributed by atoms with Crippen molar-refractivity contribution in [1.29, 1.82) is 0 Å². The number of anilines is 2. The van der Waals surface area contributed by atoms with E-state index in [0.717, 1.165) is 80.1 Å². The molecular formula is C23H26FN5O2. The van der Waals surface area contributed by atoms with Crippen LogP contribution in [0.4, 0.5) is 15.8 Å². The monoisotopic (exact) mass is 423 g/mol. The maximum Gasteiger partial charge on any atom is 0.214 e. The lowest BCUT2D eigenvalue weighted by atomic mass is 9.92. The molecule has 0 atom stereocenters. The van der Waals surface area contributed by atoms with Gasteiger partial charge in [0.25, 0.3) is 0 Å². The molecule has 1 saturated carbocycles. The van der Waals surface area contributed by atoms with Crippen molar-refractivity contribution < 1.29 is 13.9 Å². The molecule has 0 bridgehead atoms. The second-order valence-electron chi connectivity index (χ2n) is 8.07. The molecule has 8 heteroatoms. The van der Waals surface area contributed by atoms with Crippen LogP contribution in [0.3, 0.4) is 0 Å². The van der Waals surface area contributed by atoms with Gasteiger partial charge in [-0.05, 0) is 37.8 Å². The quantitative estimate of drug-likeness (QED) is 0.626. The number of benzene rings is 1. The first-order chi connectivity index (χ1) is 15.2. The summed E-state index contributed by atoms with van der Waals surface area (Å²) in [5.74, 6) is 0.329. The minimum atomic E-state index is -0.463. The highest BCUT2D eigenvalue weighted by molar-refractivity contribution is 5.85. The van der Waals surface area contributed by atoms with Gasteiger partial charge in [0, 0.05) is 61.2 Å². The Morgan fingerprint density at radius 1 is 0.968 bits per heavy atom. The van der Waals surface area contributed by atoms with E-state index in [1.54, 1.807) is 18.5 Å². The molecule has 1 saturated heterocycles. The number of aromatic nitrogens is 3. The Balaban J connectivity index is 1.28.